The molecular formula is C10H14N4O5. The molecule has 0 aliphatic carbocycles. The van der Waals surface area contributed by atoms with Crippen LogP contribution in [0.5, 0.6) is 0 Å². The number of nitrogens with zero attached hydrogens (tertiary/aromatic N) is 3. The van der Waals surface area contributed by atoms with Crippen LogP contribution in [0.25, 0.3) is 0 Å². The van der Waals surface area contributed by atoms with Crippen molar-refractivity contribution in [3.8, 4) is 0 Å². The van der Waals surface area contributed by atoms with Gasteiger partial charge in [-0.05, 0) is 23.8 Å². The SMILES string of the molecule is Cc1nc([N+](=O)[O-])cn1CC(=O)NC(C)(C)C(=O)O. The molecule has 0 radical (unpaired) electrons. The van der Waals surface area contributed by atoms with E-state index in [0.717, 1.165) is 6.20 Å². The number of aliphatic carboxylic acids is 1. The second-order valence-corrected chi connectivity index (χ2v) is 4.51. The van der Waals surface area contributed by atoms with E-state index in [0.29, 0.717) is 5.82 Å². The van der Waals surface area contributed by atoms with Gasteiger partial charge in [0, 0.05) is 6.92 Å². The number of nitrogens with one attached hydrogen (secondary N) is 1. The number of carboxylic acids is 1. The number of rotatable bonds is 5. The van der Waals surface area contributed by atoms with Gasteiger partial charge in [0.2, 0.25) is 11.7 Å². The minimum absolute atomic E-state index is 0.233. The molecule has 19 heavy (non-hydrogen) atoms. The molecule has 1 amide bonds. The third-order valence-corrected chi connectivity index (χ3v) is 2.45. The predicted molar refractivity (Wildman–Crippen MR) is 63.5 cm³/mol. The van der Waals surface area contributed by atoms with Crippen LogP contribution < -0.4 is 5.32 Å². The topological polar surface area (TPSA) is 127 Å². The van der Waals surface area contributed by atoms with Gasteiger partial charge in [-0.15, -0.1) is 0 Å². The van der Waals surface area contributed by atoms with Crippen molar-refractivity contribution in [3.05, 3.63) is 22.1 Å². The third-order valence-electron chi connectivity index (χ3n) is 2.45. The van der Waals surface area contributed by atoms with Gasteiger partial charge in [-0.1, -0.05) is 0 Å². The van der Waals surface area contributed by atoms with Gasteiger partial charge < -0.3 is 20.5 Å². The van der Waals surface area contributed by atoms with Crippen LogP contribution in [0.3, 0.4) is 0 Å². The van der Waals surface area contributed by atoms with Crippen LogP contribution in [-0.2, 0) is 16.1 Å². The van der Waals surface area contributed by atoms with Gasteiger partial charge in [-0.25, -0.2) is 4.79 Å². The lowest BCUT2D eigenvalue weighted by atomic mass is 10.1. The molecule has 1 heterocycles. The lowest BCUT2D eigenvalue weighted by Crippen LogP contribution is -2.50. The molecule has 1 aromatic rings. The Morgan fingerprint density at radius 2 is 2.16 bits per heavy atom. The molecule has 0 aliphatic heterocycles. The molecule has 0 bridgehead atoms. The Balaban J connectivity index is 2.78. The van der Waals surface area contributed by atoms with E-state index in [1.165, 1.54) is 25.3 Å². The largest absolute Gasteiger partial charge is 0.480 e. The highest BCUT2D eigenvalue weighted by atomic mass is 16.6. The van der Waals surface area contributed by atoms with Crippen molar-refractivity contribution in [3.63, 3.8) is 0 Å². The average Bonchev–Trinajstić information content (AvgIpc) is 2.59. The molecule has 0 atom stereocenters. The number of imidazole rings is 1. The maximum atomic E-state index is 11.7. The monoisotopic (exact) mass is 270 g/mol. The van der Waals surface area contributed by atoms with Crippen LogP contribution >= 0.6 is 0 Å². The zero-order valence-corrected chi connectivity index (χ0v) is 10.7. The Labute approximate surface area is 108 Å². The van der Waals surface area contributed by atoms with Gasteiger partial charge in [0.05, 0.1) is 0 Å². The van der Waals surface area contributed by atoms with Crippen molar-refractivity contribution in [1.82, 2.24) is 14.9 Å². The number of hydrogen-bond donors (Lipinski definition) is 2. The Hall–Kier alpha value is -2.45. The minimum Gasteiger partial charge on any atom is -0.480 e. The molecule has 1 aromatic heterocycles. The molecular weight excluding hydrogens is 256 g/mol. The molecule has 0 saturated heterocycles. The molecule has 0 saturated carbocycles. The molecule has 9 heteroatoms. The van der Waals surface area contributed by atoms with E-state index >= 15 is 0 Å². The van der Waals surface area contributed by atoms with Gasteiger partial charge >= 0.3 is 11.8 Å². The number of hydrogen-bond acceptors (Lipinski definition) is 5. The highest BCUT2D eigenvalue weighted by Crippen LogP contribution is 2.10. The number of aromatic nitrogens is 2. The zero-order valence-electron chi connectivity index (χ0n) is 10.7. The second kappa shape index (κ2) is 5.04. The maximum Gasteiger partial charge on any atom is 0.381 e. The molecule has 0 spiro atoms. The van der Waals surface area contributed by atoms with Gasteiger partial charge in [-0.3, -0.25) is 9.36 Å². The second-order valence-electron chi connectivity index (χ2n) is 4.51. The van der Waals surface area contributed by atoms with E-state index in [9.17, 15) is 19.7 Å². The first-order valence-electron chi connectivity index (χ1n) is 5.36. The smallest absolute Gasteiger partial charge is 0.381 e. The van der Waals surface area contributed by atoms with Crippen LogP contribution in [0.2, 0.25) is 0 Å². The Morgan fingerprint density at radius 3 is 2.58 bits per heavy atom. The summed E-state index contributed by atoms with van der Waals surface area (Å²) in [5.74, 6) is -1.80. The zero-order chi connectivity index (χ0) is 14.8. The number of carboxylic acid groups (broad SMARTS) is 1. The molecule has 104 valence electrons. The van der Waals surface area contributed by atoms with E-state index in [-0.39, 0.29) is 12.4 Å². The fraction of sp³-hybridized carbons (Fsp3) is 0.500. The predicted octanol–water partition coefficient (Wildman–Crippen LogP) is 0.0791. The summed E-state index contributed by atoms with van der Waals surface area (Å²) < 4.78 is 1.28. The van der Waals surface area contributed by atoms with E-state index < -0.39 is 22.3 Å². The first-order chi connectivity index (χ1) is 8.63. The average molecular weight is 270 g/mol. The summed E-state index contributed by atoms with van der Waals surface area (Å²) in [5.41, 5.74) is -1.41. The maximum absolute atomic E-state index is 11.7. The first kappa shape index (κ1) is 14.6. The van der Waals surface area contributed by atoms with Crippen molar-refractivity contribution < 1.29 is 19.6 Å². The first-order valence-corrected chi connectivity index (χ1v) is 5.36. The van der Waals surface area contributed by atoms with Gasteiger partial charge in [-0.2, -0.15) is 0 Å². The van der Waals surface area contributed by atoms with Crippen LogP contribution in [0.4, 0.5) is 5.82 Å². The molecule has 0 unspecified atom stereocenters. The van der Waals surface area contributed by atoms with Crippen molar-refractivity contribution in [2.24, 2.45) is 0 Å². The summed E-state index contributed by atoms with van der Waals surface area (Å²) in [7, 11) is 0. The lowest BCUT2D eigenvalue weighted by molar-refractivity contribution is -0.389. The van der Waals surface area contributed by atoms with E-state index in [1.54, 1.807) is 0 Å². The molecule has 2 N–H and O–H groups in total. The summed E-state index contributed by atoms with van der Waals surface area (Å²) in [6.45, 7) is 3.97. The van der Waals surface area contributed by atoms with Gasteiger partial charge in [0.1, 0.15) is 18.3 Å². The summed E-state index contributed by atoms with van der Waals surface area (Å²) in [6, 6.07) is 0. The summed E-state index contributed by atoms with van der Waals surface area (Å²) in [5, 5.41) is 21.7. The summed E-state index contributed by atoms with van der Waals surface area (Å²) >= 11 is 0. The van der Waals surface area contributed by atoms with Crippen LogP contribution in [0.15, 0.2) is 6.20 Å². The Kier molecular flexibility index (Phi) is 3.88. The quantitative estimate of drug-likeness (QED) is 0.576. The molecule has 0 aliphatic rings. The number of carbonyl (C=O) groups is 2. The van der Waals surface area contributed by atoms with E-state index in [1.807, 2.05) is 0 Å². The molecule has 1 rings (SSSR count). The van der Waals surface area contributed by atoms with Crippen molar-refractivity contribution >= 4 is 17.7 Å². The van der Waals surface area contributed by atoms with E-state index in [4.69, 9.17) is 5.11 Å². The van der Waals surface area contributed by atoms with Crippen molar-refractivity contribution in [2.45, 2.75) is 32.9 Å². The van der Waals surface area contributed by atoms with Gasteiger partial charge in [0.15, 0.2) is 0 Å². The third kappa shape index (κ3) is 3.50. The normalized spacial score (nSPS) is 11.1. The van der Waals surface area contributed by atoms with Gasteiger partial charge in [0.25, 0.3) is 0 Å². The Bertz CT molecular complexity index is 534. The number of nitro groups is 1. The highest BCUT2D eigenvalue weighted by molar-refractivity contribution is 5.86. The fourth-order valence-electron chi connectivity index (χ4n) is 1.34. The van der Waals surface area contributed by atoms with Crippen molar-refractivity contribution in [1.29, 1.82) is 0 Å². The summed E-state index contributed by atoms with van der Waals surface area (Å²) in [4.78, 5) is 36.0. The lowest BCUT2D eigenvalue weighted by Gasteiger charge is -2.20. The van der Waals surface area contributed by atoms with E-state index in [2.05, 4.69) is 10.3 Å². The van der Waals surface area contributed by atoms with Crippen molar-refractivity contribution in [2.75, 3.05) is 0 Å². The molecule has 0 fully saturated rings. The number of aryl methyl sites for hydroxylation is 1. The highest BCUT2D eigenvalue weighted by Gasteiger charge is 2.29. The van der Waals surface area contributed by atoms with Crippen LogP contribution in [0.1, 0.15) is 19.7 Å². The standard InChI is InChI=1S/C10H14N4O5/c1-6-11-7(14(18)19)4-13(6)5-8(15)12-10(2,3)9(16)17/h4H,5H2,1-3H3,(H,12,15)(H,16,17). The Morgan fingerprint density at radius 1 is 1.58 bits per heavy atom. The summed E-state index contributed by atoms with van der Waals surface area (Å²) in [6.07, 6.45) is 1.13. The number of carbonyl (C=O) groups excluding carboxylic acids is 1. The molecule has 9 nitrogen and oxygen atoms in total. The van der Waals surface area contributed by atoms with Crippen LogP contribution in [-0.4, -0.2) is 37.0 Å². The van der Waals surface area contributed by atoms with Crippen LogP contribution in [0, 0.1) is 17.0 Å². The minimum atomic E-state index is -1.41. The molecule has 0 aromatic carbocycles. The number of amides is 1. The fourth-order valence-corrected chi connectivity index (χ4v) is 1.34.